The van der Waals surface area contributed by atoms with Gasteiger partial charge in [0.1, 0.15) is 5.52 Å². The van der Waals surface area contributed by atoms with Crippen LogP contribution in [0.3, 0.4) is 0 Å². The maximum Gasteiger partial charge on any atom is 0.385 e. The topological polar surface area (TPSA) is 36.5 Å². The Labute approximate surface area is 169 Å². The maximum atomic E-state index is 12.7. The Balaban J connectivity index is 0.00000225. The number of hydrogen-bond acceptors (Lipinski definition) is 3. The van der Waals surface area contributed by atoms with Crippen molar-refractivity contribution in [3.63, 3.8) is 0 Å². The first-order valence-corrected chi connectivity index (χ1v) is 9.06. The van der Waals surface area contributed by atoms with E-state index in [4.69, 9.17) is 0 Å². The summed E-state index contributed by atoms with van der Waals surface area (Å²) in [6, 6.07) is 15.5. The molecule has 25 heavy (non-hydrogen) atoms. The number of halogens is 2. The highest BCUT2D eigenvalue weighted by atomic mass is 79.9. The predicted molar refractivity (Wildman–Crippen MR) is 102 cm³/mol. The molecule has 1 aromatic heterocycles. The smallest absolute Gasteiger partial charge is 0.385 e. The molecular weight excluding hydrogens is 466 g/mol. The first-order valence-electron chi connectivity index (χ1n) is 7.45. The van der Waals surface area contributed by atoms with Gasteiger partial charge in [-0.2, -0.15) is 0 Å². The van der Waals surface area contributed by atoms with E-state index in [0.29, 0.717) is 5.56 Å². The van der Waals surface area contributed by atoms with Crippen LogP contribution < -0.4 is 21.5 Å². The lowest BCUT2D eigenvalue weighted by molar-refractivity contribution is -0.640. The number of Topliss-reactive ketones (excluding diaryl/α,β-unsaturated/α-hetero) is 1. The molecule has 0 saturated carbocycles. The lowest BCUT2D eigenvalue weighted by Crippen LogP contribution is -3.00. The van der Waals surface area contributed by atoms with E-state index in [0.717, 1.165) is 19.8 Å². The molecule has 0 aliphatic rings. The monoisotopic (exact) mass is 481 g/mol. The number of fused-ring (bicyclic) bond motifs is 1. The van der Waals surface area contributed by atoms with Gasteiger partial charge in [-0.3, -0.25) is 4.79 Å². The lowest BCUT2D eigenvalue weighted by atomic mass is 10.1. The van der Waals surface area contributed by atoms with Crippen molar-refractivity contribution < 1.29 is 26.3 Å². The maximum absolute atomic E-state index is 12.7. The van der Waals surface area contributed by atoms with E-state index in [-0.39, 0.29) is 29.3 Å². The number of thiazole rings is 1. The standard InChI is InChI=1S/C18H17BrN3OS.BrH/c1-21(2)12-20-18-22(15-5-3-4-6-17(15)24-18)11-16(23)13-7-9-14(19)10-8-13;/h3-10,12H,11H2,1-2H3;1H/q+1;/p-1. The predicted octanol–water partition coefficient (Wildman–Crippen LogP) is 1.06. The molecule has 0 aliphatic carbocycles. The van der Waals surface area contributed by atoms with Crippen LogP contribution >= 0.6 is 27.3 Å². The quantitative estimate of drug-likeness (QED) is 0.236. The van der Waals surface area contributed by atoms with Gasteiger partial charge in [0.15, 0.2) is 6.54 Å². The van der Waals surface area contributed by atoms with Crippen molar-refractivity contribution in [3.8, 4) is 0 Å². The van der Waals surface area contributed by atoms with Gasteiger partial charge < -0.3 is 21.9 Å². The van der Waals surface area contributed by atoms with Crippen LogP contribution in [0.25, 0.3) is 10.2 Å². The minimum absolute atomic E-state index is 0. The molecule has 0 bridgehead atoms. The fourth-order valence-corrected chi connectivity index (χ4v) is 3.57. The zero-order chi connectivity index (χ0) is 17.1. The van der Waals surface area contributed by atoms with Crippen molar-refractivity contribution in [2.45, 2.75) is 6.54 Å². The lowest BCUT2D eigenvalue weighted by Gasteiger charge is -2.01. The van der Waals surface area contributed by atoms with Gasteiger partial charge in [0.2, 0.25) is 12.1 Å². The highest BCUT2D eigenvalue weighted by Crippen LogP contribution is 2.26. The minimum Gasteiger partial charge on any atom is -1.00 e. The van der Waals surface area contributed by atoms with Gasteiger partial charge in [0.25, 0.3) is 0 Å². The molecule has 130 valence electrons. The largest absolute Gasteiger partial charge is 1.00 e. The fourth-order valence-electron chi connectivity index (χ4n) is 2.31. The normalized spacial score (nSPS) is 10.8. The highest BCUT2D eigenvalue weighted by molar-refractivity contribution is 9.10. The van der Waals surface area contributed by atoms with Crippen molar-refractivity contribution >= 4 is 54.7 Å². The number of aromatic nitrogens is 1. The van der Waals surface area contributed by atoms with Crippen LogP contribution in [0.2, 0.25) is 0 Å². The molecule has 0 N–H and O–H groups in total. The van der Waals surface area contributed by atoms with E-state index < -0.39 is 0 Å². The Morgan fingerprint density at radius 1 is 1.20 bits per heavy atom. The number of benzene rings is 2. The molecule has 0 unspecified atom stereocenters. The molecule has 1 heterocycles. The van der Waals surface area contributed by atoms with E-state index >= 15 is 0 Å². The van der Waals surface area contributed by atoms with Gasteiger partial charge in [-0.15, -0.1) is 0 Å². The van der Waals surface area contributed by atoms with Gasteiger partial charge in [-0.05, 0) is 40.6 Å². The minimum atomic E-state index is 0. The van der Waals surface area contributed by atoms with Gasteiger partial charge in [-0.1, -0.05) is 40.2 Å². The Morgan fingerprint density at radius 2 is 1.88 bits per heavy atom. The summed E-state index contributed by atoms with van der Waals surface area (Å²) < 4.78 is 4.06. The number of ketones is 1. The molecule has 2 aromatic carbocycles. The average Bonchev–Trinajstić information content (AvgIpc) is 2.91. The molecule has 0 amide bonds. The summed E-state index contributed by atoms with van der Waals surface area (Å²) in [6.07, 6.45) is 1.76. The Hall–Kier alpha value is -1.57. The fraction of sp³-hybridized carbons (Fsp3) is 0.167. The molecule has 0 atom stereocenters. The van der Waals surface area contributed by atoms with Gasteiger partial charge in [0.05, 0.1) is 4.70 Å². The Kier molecular flexibility index (Phi) is 6.87. The third-order valence-electron chi connectivity index (χ3n) is 3.46. The summed E-state index contributed by atoms with van der Waals surface area (Å²) in [6.45, 7) is 0.270. The van der Waals surface area contributed by atoms with Crippen molar-refractivity contribution in [1.29, 1.82) is 0 Å². The summed E-state index contributed by atoms with van der Waals surface area (Å²) in [5.74, 6) is 0.0670. The number of nitrogens with zero attached hydrogens (tertiary/aromatic N) is 3. The molecule has 4 nitrogen and oxygen atoms in total. The van der Waals surface area contributed by atoms with E-state index in [1.165, 1.54) is 0 Å². The van der Waals surface area contributed by atoms with E-state index in [1.54, 1.807) is 17.7 Å². The van der Waals surface area contributed by atoms with Crippen molar-refractivity contribution in [1.82, 2.24) is 4.90 Å². The molecule has 7 heteroatoms. The van der Waals surface area contributed by atoms with Crippen molar-refractivity contribution in [2.24, 2.45) is 4.99 Å². The molecule has 0 fully saturated rings. The third-order valence-corrected chi connectivity index (χ3v) is 5.06. The number of carbonyl (C=O) groups is 1. The van der Waals surface area contributed by atoms with Crippen LogP contribution in [0.15, 0.2) is 58.0 Å². The molecule has 3 rings (SSSR count). The summed E-state index contributed by atoms with van der Waals surface area (Å²) in [7, 11) is 3.85. The van der Waals surface area contributed by atoms with Crippen LogP contribution in [0.5, 0.6) is 0 Å². The second-order valence-corrected chi connectivity index (χ2v) is 7.50. The number of hydrogen-bond donors (Lipinski definition) is 0. The summed E-state index contributed by atoms with van der Waals surface area (Å²) in [4.78, 5) is 19.1. The number of carbonyl (C=O) groups excluding carboxylic acids is 1. The SMILES string of the molecule is CN(C)/C=N/c1sc2ccccc2[n+]1CC(=O)c1ccc(Br)cc1.[Br-]. The van der Waals surface area contributed by atoms with Crippen molar-refractivity contribution in [3.05, 3.63) is 58.6 Å². The summed E-state index contributed by atoms with van der Waals surface area (Å²) >= 11 is 4.98. The van der Waals surface area contributed by atoms with Crippen LogP contribution in [0.4, 0.5) is 5.13 Å². The zero-order valence-corrected chi connectivity index (χ0v) is 17.8. The molecule has 0 aliphatic heterocycles. The second-order valence-electron chi connectivity index (χ2n) is 5.58. The third kappa shape index (κ3) is 4.74. The molecule has 0 spiro atoms. The van der Waals surface area contributed by atoms with Crippen LogP contribution in [-0.4, -0.2) is 31.1 Å². The molecule has 0 saturated heterocycles. The second kappa shape index (κ2) is 8.69. The summed E-state index contributed by atoms with van der Waals surface area (Å²) in [5.41, 5.74) is 1.72. The molecule has 3 aromatic rings. The first kappa shape index (κ1) is 19.8. The first-order chi connectivity index (χ1) is 11.5. The van der Waals surface area contributed by atoms with Crippen LogP contribution in [0.1, 0.15) is 10.4 Å². The van der Waals surface area contributed by atoms with Gasteiger partial charge in [-0.25, -0.2) is 4.57 Å². The number of rotatable bonds is 5. The van der Waals surface area contributed by atoms with E-state index in [9.17, 15) is 4.79 Å². The number of para-hydroxylation sites is 1. The zero-order valence-electron chi connectivity index (χ0n) is 13.8. The van der Waals surface area contributed by atoms with Crippen molar-refractivity contribution in [2.75, 3.05) is 14.1 Å². The molecule has 0 radical (unpaired) electrons. The van der Waals surface area contributed by atoms with E-state index in [2.05, 4.69) is 27.0 Å². The van der Waals surface area contributed by atoms with Crippen LogP contribution in [-0.2, 0) is 6.54 Å². The average molecular weight is 483 g/mol. The Bertz CT molecular complexity index is 904. The molecular formula is C18H17Br2N3OS. The number of aliphatic imine (C=N–C) groups is 1. The highest BCUT2D eigenvalue weighted by Gasteiger charge is 2.21. The van der Waals surface area contributed by atoms with Crippen LogP contribution in [0, 0.1) is 0 Å². The Morgan fingerprint density at radius 3 is 2.56 bits per heavy atom. The van der Waals surface area contributed by atoms with Gasteiger partial charge in [0, 0.05) is 24.1 Å². The van der Waals surface area contributed by atoms with E-state index in [1.807, 2.05) is 66.0 Å². The summed E-state index contributed by atoms with van der Waals surface area (Å²) in [5, 5.41) is 0.815. The van der Waals surface area contributed by atoms with Gasteiger partial charge >= 0.3 is 5.13 Å².